The molecule has 2 amide bonds. The third-order valence-electron chi connectivity index (χ3n) is 6.70. The number of rotatable bonds is 10. The zero-order valence-corrected chi connectivity index (χ0v) is 27.7. The van der Waals surface area contributed by atoms with Gasteiger partial charge in [-0.05, 0) is 46.7 Å². The van der Waals surface area contributed by atoms with Crippen LogP contribution in [0.2, 0.25) is 5.02 Å². The Balaban J connectivity index is 0.00000107. The molecule has 0 spiro atoms. The van der Waals surface area contributed by atoms with Crippen molar-refractivity contribution in [1.82, 2.24) is 20.2 Å². The highest BCUT2D eigenvalue weighted by Crippen LogP contribution is 2.35. The molecule has 4 rings (SSSR count). The van der Waals surface area contributed by atoms with Gasteiger partial charge in [0.25, 0.3) is 5.91 Å². The minimum absolute atomic E-state index is 0.0810. The number of primary amides is 1. The number of alkyl halides is 2. The van der Waals surface area contributed by atoms with E-state index in [4.69, 9.17) is 33.5 Å². The fraction of sp³-hybridized carbons (Fsp3) is 0.406. The van der Waals surface area contributed by atoms with Crippen molar-refractivity contribution in [2.75, 3.05) is 26.7 Å². The predicted octanol–water partition coefficient (Wildman–Crippen LogP) is 5.02. The molecule has 11 nitrogen and oxygen atoms in total. The third-order valence-corrected chi connectivity index (χ3v) is 7.03. The summed E-state index contributed by atoms with van der Waals surface area (Å²) in [6.45, 7) is 8.66. The quantitative estimate of drug-likeness (QED) is 0.259. The number of guanidine groups is 1. The highest BCUT2D eigenvalue weighted by molar-refractivity contribution is 6.32. The van der Waals surface area contributed by atoms with Crippen LogP contribution in [0.25, 0.3) is 11.3 Å². The van der Waals surface area contributed by atoms with Gasteiger partial charge < -0.3 is 27.3 Å². The van der Waals surface area contributed by atoms with Crippen molar-refractivity contribution in [2.45, 2.75) is 53.3 Å². The number of hydrazine groups is 1. The molecule has 2 aliphatic rings. The summed E-state index contributed by atoms with van der Waals surface area (Å²) < 4.78 is 31.5. The largest absolute Gasteiger partial charge is 0.447 e. The molecule has 0 bridgehead atoms. The van der Waals surface area contributed by atoms with Crippen molar-refractivity contribution in [3.05, 3.63) is 82.1 Å². The van der Waals surface area contributed by atoms with E-state index in [-0.39, 0.29) is 12.6 Å². The number of nitrogens with zero attached hydrogens (tertiary/aromatic N) is 4. The lowest BCUT2D eigenvalue weighted by molar-refractivity contribution is -0.129. The van der Waals surface area contributed by atoms with E-state index in [9.17, 15) is 18.4 Å². The van der Waals surface area contributed by atoms with Crippen LogP contribution < -0.4 is 22.5 Å². The van der Waals surface area contributed by atoms with Gasteiger partial charge >= 0.3 is 12.6 Å². The van der Waals surface area contributed by atoms with Gasteiger partial charge in [-0.2, -0.15) is 8.78 Å². The summed E-state index contributed by atoms with van der Waals surface area (Å²) >= 11 is 6.38. The van der Waals surface area contributed by atoms with Crippen LogP contribution in [0.1, 0.15) is 69.0 Å². The number of carbonyl (C=O) groups is 2. The normalized spacial score (nSPS) is 17.8. The first kappa shape index (κ1) is 36.1. The maximum Gasteiger partial charge on any atom is 0.404 e. The van der Waals surface area contributed by atoms with Crippen molar-refractivity contribution in [1.29, 1.82) is 0 Å². The van der Waals surface area contributed by atoms with Gasteiger partial charge in [0.2, 0.25) is 0 Å². The van der Waals surface area contributed by atoms with Gasteiger partial charge in [0.15, 0.2) is 12.0 Å². The molecule has 46 heavy (non-hydrogen) atoms. The number of likely N-dealkylation sites (N-methyl/N-ethyl adjacent to an activating group) is 1. The lowest BCUT2D eigenvalue weighted by Crippen LogP contribution is -2.43. The van der Waals surface area contributed by atoms with Crippen molar-refractivity contribution >= 4 is 40.8 Å². The van der Waals surface area contributed by atoms with E-state index >= 15 is 0 Å². The third kappa shape index (κ3) is 9.33. The summed E-state index contributed by atoms with van der Waals surface area (Å²) in [5.41, 5.74) is 21.5. The Morgan fingerprint density at radius 2 is 1.80 bits per heavy atom. The van der Waals surface area contributed by atoms with Crippen LogP contribution in [0.4, 0.5) is 13.6 Å². The molecule has 0 saturated heterocycles. The number of aliphatic imine (C=N–C) groups is 1. The molecule has 2 aliphatic heterocycles. The maximum absolute atomic E-state index is 13.7. The van der Waals surface area contributed by atoms with Crippen LogP contribution in [0.5, 0.6) is 0 Å². The Bertz CT molecular complexity index is 1490. The predicted molar refractivity (Wildman–Crippen MR) is 177 cm³/mol. The highest BCUT2D eigenvalue weighted by atomic mass is 35.5. The van der Waals surface area contributed by atoms with Gasteiger partial charge in [-0.15, -0.1) is 0 Å². The molecular weight excluding hydrogens is 618 g/mol. The molecule has 0 unspecified atom stereocenters. The number of amides is 2. The van der Waals surface area contributed by atoms with E-state index in [2.05, 4.69) is 38.0 Å². The second-order valence-corrected chi connectivity index (χ2v) is 12.8. The zero-order valence-electron chi connectivity index (χ0n) is 26.9. The highest BCUT2D eigenvalue weighted by Gasteiger charge is 2.40. The van der Waals surface area contributed by atoms with E-state index in [1.807, 2.05) is 6.92 Å². The maximum atomic E-state index is 13.7. The molecule has 0 saturated carbocycles. The average Bonchev–Trinajstić information content (AvgIpc) is 3.50. The SMILES string of the molecule is CC(C)(C)C.CCN/C=C(\N)c1cc([C@@H](COC(N)=O)N2C(=O)[C@@H](c3ccc(C4=CN(C(F)F)N(C)C4)cc3)N=C2N)ccc1Cl. The van der Waals surface area contributed by atoms with E-state index in [0.29, 0.717) is 51.5 Å². The Kier molecular flexibility index (Phi) is 12.0. The Hall–Kier alpha value is -4.36. The van der Waals surface area contributed by atoms with Gasteiger partial charge in [0.1, 0.15) is 6.61 Å². The number of carbonyl (C=O) groups excluding carboxylic acids is 2. The topological polar surface area (TPSA) is 156 Å². The van der Waals surface area contributed by atoms with Crippen molar-refractivity contribution < 1.29 is 23.1 Å². The second-order valence-electron chi connectivity index (χ2n) is 12.4. The number of ether oxygens (including phenoxy) is 1. The molecule has 250 valence electrons. The van der Waals surface area contributed by atoms with E-state index in [1.165, 1.54) is 16.1 Å². The first-order valence-electron chi connectivity index (χ1n) is 14.7. The van der Waals surface area contributed by atoms with Crippen LogP contribution in [0.15, 0.2) is 59.9 Å². The Labute approximate surface area is 273 Å². The summed E-state index contributed by atoms with van der Waals surface area (Å²) in [5.74, 6) is -0.535. The van der Waals surface area contributed by atoms with Gasteiger partial charge in [-0.3, -0.25) is 14.7 Å². The van der Waals surface area contributed by atoms with Crippen LogP contribution in [0.3, 0.4) is 0 Å². The summed E-state index contributed by atoms with van der Waals surface area (Å²) in [5, 5.41) is 5.66. The fourth-order valence-electron chi connectivity index (χ4n) is 4.64. The van der Waals surface area contributed by atoms with Gasteiger partial charge in [0.05, 0.1) is 11.7 Å². The van der Waals surface area contributed by atoms with Crippen molar-refractivity contribution in [3.8, 4) is 0 Å². The van der Waals surface area contributed by atoms with Gasteiger partial charge in [-0.1, -0.05) is 69.6 Å². The number of benzene rings is 2. The van der Waals surface area contributed by atoms with E-state index < -0.39 is 30.6 Å². The Morgan fingerprint density at radius 1 is 1.17 bits per heavy atom. The first-order valence-corrected chi connectivity index (χ1v) is 15.1. The molecule has 7 N–H and O–H groups in total. The second kappa shape index (κ2) is 15.3. The zero-order chi connectivity index (χ0) is 34.3. The van der Waals surface area contributed by atoms with Crippen molar-refractivity contribution in [3.63, 3.8) is 0 Å². The van der Waals surface area contributed by atoms with Crippen LogP contribution >= 0.6 is 11.6 Å². The monoisotopic (exact) mass is 660 g/mol. The Morgan fingerprint density at radius 3 is 2.35 bits per heavy atom. The molecule has 0 aromatic heterocycles. The van der Waals surface area contributed by atoms with Crippen LogP contribution in [0, 0.1) is 5.41 Å². The minimum atomic E-state index is -2.65. The lowest BCUT2D eigenvalue weighted by atomic mass is 9.99. The summed E-state index contributed by atoms with van der Waals surface area (Å²) in [4.78, 5) is 30.8. The smallest absolute Gasteiger partial charge is 0.404 e. The standard InChI is InChI=1S/C27H31ClF2N8O3.C5H12/c1-3-34-11-21(31)19-10-17(8-9-20(19)28)22(14-41-27(33)40)38-24(39)23(35-26(38)32)16-6-4-15(5-7-16)18-12-36(2)37(13-18)25(29)30;1-5(2,3)4/h4-11,13,22-23,25,34H,3,12,14,31H2,1-2H3,(H2,32,35)(H2,33,40);1-4H3/b21-11-;/t22-,23-;/m1./s1. The minimum Gasteiger partial charge on any atom is -0.447 e. The molecule has 2 heterocycles. The number of hydrogen-bond acceptors (Lipinski definition) is 9. The number of nitrogens with one attached hydrogen (secondary N) is 1. The number of halogens is 3. The van der Waals surface area contributed by atoms with Crippen LogP contribution in [-0.2, 0) is 9.53 Å². The summed E-state index contributed by atoms with van der Waals surface area (Å²) in [7, 11) is 1.57. The average molecular weight is 661 g/mol. The van der Waals surface area contributed by atoms with Gasteiger partial charge in [0, 0.05) is 43.1 Å². The summed E-state index contributed by atoms with van der Waals surface area (Å²) in [6, 6.07) is 9.99. The molecule has 2 aromatic rings. The van der Waals surface area contributed by atoms with Crippen LogP contribution in [-0.4, -0.2) is 66.2 Å². The fourth-order valence-corrected chi connectivity index (χ4v) is 4.87. The molecular formula is C32H43ClF2N8O3. The molecule has 2 atom stereocenters. The lowest BCUT2D eigenvalue weighted by Gasteiger charge is -2.28. The van der Waals surface area contributed by atoms with Crippen molar-refractivity contribution in [2.24, 2.45) is 27.6 Å². The summed E-state index contributed by atoms with van der Waals surface area (Å²) in [6.07, 6.45) is 1.98. The first-order chi connectivity index (χ1) is 21.5. The molecule has 0 radical (unpaired) electrons. The molecule has 14 heteroatoms. The van der Waals surface area contributed by atoms with E-state index in [0.717, 1.165) is 10.6 Å². The molecule has 2 aromatic carbocycles. The van der Waals surface area contributed by atoms with E-state index in [1.54, 1.807) is 55.7 Å². The number of nitrogens with two attached hydrogens (primary N) is 3. The molecule has 0 aliphatic carbocycles. The molecule has 0 fully saturated rings. The van der Waals surface area contributed by atoms with Gasteiger partial charge in [-0.25, -0.2) is 14.8 Å². The number of hydrogen-bond donors (Lipinski definition) is 4.